The summed E-state index contributed by atoms with van der Waals surface area (Å²) >= 11 is 0. The van der Waals surface area contributed by atoms with E-state index in [1.807, 2.05) is 30.3 Å². The molecule has 1 fully saturated rings. The molecule has 1 unspecified atom stereocenters. The number of methoxy groups -OCH3 is 1. The van der Waals surface area contributed by atoms with Crippen molar-refractivity contribution >= 4 is 21.6 Å². The summed E-state index contributed by atoms with van der Waals surface area (Å²) in [5.41, 5.74) is 2.02. The van der Waals surface area contributed by atoms with Gasteiger partial charge in [0.15, 0.2) is 0 Å². The van der Waals surface area contributed by atoms with Gasteiger partial charge in [-0.15, -0.1) is 0 Å². The number of piperidine rings is 1. The van der Waals surface area contributed by atoms with Crippen molar-refractivity contribution in [2.75, 3.05) is 37.6 Å². The van der Waals surface area contributed by atoms with Gasteiger partial charge in [0.05, 0.1) is 23.7 Å². The Kier molecular flexibility index (Phi) is 8.84. The second-order valence-electron chi connectivity index (χ2n) is 9.13. The van der Waals surface area contributed by atoms with Crippen LogP contribution in [-0.4, -0.2) is 52.5 Å². The maximum atomic E-state index is 13.4. The van der Waals surface area contributed by atoms with Gasteiger partial charge in [0, 0.05) is 18.7 Å². The van der Waals surface area contributed by atoms with Crippen LogP contribution >= 0.6 is 0 Å². The van der Waals surface area contributed by atoms with Crippen LogP contribution in [0.25, 0.3) is 0 Å². The molecule has 1 amide bonds. The van der Waals surface area contributed by atoms with Crippen molar-refractivity contribution in [3.63, 3.8) is 0 Å². The van der Waals surface area contributed by atoms with E-state index in [0.29, 0.717) is 17.8 Å². The number of carbonyl (C=O) groups is 1. The van der Waals surface area contributed by atoms with E-state index in [2.05, 4.69) is 10.2 Å². The fraction of sp³-hybridized carbons (Fsp3) is 0.345. The first-order chi connectivity index (χ1) is 17.9. The number of benzene rings is 3. The lowest BCUT2D eigenvalue weighted by atomic mass is 10.0. The number of hydrogen-bond acceptors (Lipinski definition) is 5. The Bertz CT molecular complexity index is 1270. The quantitative estimate of drug-likeness (QED) is 0.412. The van der Waals surface area contributed by atoms with Crippen molar-refractivity contribution in [1.29, 1.82) is 0 Å². The van der Waals surface area contributed by atoms with Crippen molar-refractivity contribution < 1.29 is 17.9 Å². The van der Waals surface area contributed by atoms with Gasteiger partial charge in [0.2, 0.25) is 0 Å². The number of sulfonamides is 1. The summed E-state index contributed by atoms with van der Waals surface area (Å²) < 4.78 is 33.5. The van der Waals surface area contributed by atoms with Gasteiger partial charge >= 0.3 is 0 Å². The van der Waals surface area contributed by atoms with E-state index < -0.39 is 10.0 Å². The fourth-order valence-corrected chi connectivity index (χ4v) is 6.34. The molecule has 1 saturated heterocycles. The number of amides is 1. The molecule has 37 heavy (non-hydrogen) atoms. The molecule has 1 aliphatic heterocycles. The van der Waals surface area contributed by atoms with Crippen LogP contribution in [-0.2, 0) is 10.0 Å². The molecular weight excluding hydrogens is 486 g/mol. The molecule has 0 radical (unpaired) electrons. The minimum Gasteiger partial charge on any atom is -0.497 e. The predicted molar refractivity (Wildman–Crippen MR) is 147 cm³/mol. The fourth-order valence-electron chi connectivity index (χ4n) is 4.82. The molecule has 0 bridgehead atoms. The van der Waals surface area contributed by atoms with Crippen LogP contribution in [0.4, 0.5) is 5.69 Å². The van der Waals surface area contributed by atoms with Crippen molar-refractivity contribution in [2.24, 2.45) is 0 Å². The first-order valence-corrected chi connectivity index (χ1v) is 14.2. The van der Waals surface area contributed by atoms with E-state index in [0.717, 1.165) is 37.2 Å². The van der Waals surface area contributed by atoms with Gasteiger partial charge in [-0.25, -0.2) is 8.42 Å². The van der Waals surface area contributed by atoms with E-state index in [-0.39, 0.29) is 23.4 Å². The number of ether oxygens (including phenoxy) is 1. The SMILES string of the molecule is CCN(c1ccccc1)S(=O)(=O)c1cccc(C(=O)NCC(c2ccc(OC)cc2)N2CCCCC2)c1. The molecule has 1 atom stereocenters. The number of nitrogens with zero attached hydrogens (tertiary/aromatic N) is 2. The highest BCUT2D eigenvalue weighted by atomic mass is 32.2. The topological polar surface area (TPSA) is 79.0 Å². The minimum atomic E-state index is -3.82. The highest BCUT2D eigenvalue weighted by Crippen LogP contribution is 2.27. The van der Waals surface area contributed by atoms with Gasteiger partial charge in [-0.2, -0.15) is 0 Å². The highest BCUT2D eigenvalue weighted by molar-refractivity contribution is 7.92. The largest absolute Gasteiger partial charge is 0.497 e. The number of anilines is 1. The molecule has 0 saturated carbocycles. The molecule has 7 nitrogen and oxygen atoms in total. The molecule has 0 aliphatic carbocycles. The summed E-state index contributed by atoms with van der Waals surface area (Å²) in [6.07, 6.45) is 3.49. The summed E-state index contributed by atoms with van der Waals surface area (Å²) in [7, 11) is -2.18. The summed E-state index contributed by atoms with van der Waals surface area (Å²) in [6, 6.07) is 23.2. The van der Waals surface area contributed by atoms with Gasteiger partial charge in [-0.3, -0.25) is 14.0 Å². The van der Waals surface area contributed by atoms with Crippen molar-refractivity contribution in [3.8, 4) is 5.75 Å². The van der Waals surface area contributed by atoms with Gasteiger partial charge in [0.25, 0.3) is 15.9 Å². The zero-order valence-corrected chi connectivity index (χ0v) is 22.3. The van der Waals surface area contributed by atoms with Crippen molar-refractivity contribution in [2.45, 2.75) is 37.1 Å². The third kappa shape index (κ3) is 6.32. The summed E-state index contributed by atoms with van der Waals surface area (Å²) in [6.45, 7) is 4.45. The molecule has 3 aromatic rings. The van der Waals surface area contributed by atoms with Crippen LogP contribution in [0.5, 0.6) is 5.75 Å². The monoisotopic (exact) mass is 521 g/mol. The lowest BCUT2D eigenvalue weighted by molar-refractivity contribution is 0.0924. The molecule has 0 spiro atoms. The van der Waals surface area contributed by atoms with Crippen LogP contribution in [0, 0.1) is 0 Å². The Hall–Kier alpha value is -3.36. The normalized spacial score (nSPS) is 15.1. The molecule has 1 N–H and O–H groups in total. The third-order valence-electron chi connectivity index (χ3n) is 6.80. The lowest BCUT2D eigenvalue weighted by Gasteiger charge is -2.35. The molecule has 0 aromatic heterocycles. The van der Waals surface area contributed by atoms with E-state index in [1.54, 1.807) is 50.4 Å². The predicted octanol–water partition coefficient (Wildman–Crippen LogP) is 4.87. The zero-order valence-electron chi connectivity index (χ0n) is 21.5. The maximum absolute atomic E-state index is 13.4. The second kappa shape index (κ2) is 12.3. The molecule has 1 heterocycles. The van der Waals surface area contributed by atoms with Gasteiger partial charge in [-0.1, -0.05) is 42.8 Å². The number of para-hydroxylation sites is 1. The van der Waals surface area contributed by atoms with E-state index in [1.165, 1.54) is 22.9 Å². The smallest absolute Gasteiger partial charge is 0.264 e. The van der Waals surface area contributed by atoms with Crippen molar-refractivity contribution in [3.05, 3.63) is 90.0 Å². The number of likely N-dealkylation sites (tertiary alicyclic amines) is 1. The standard InChI is InChI=1S/C29H35N3O4S/c1-3-32(25-12-6-4-7-13-25)37(34,35)27-14-10-11-24(21-27)29(33)30-22-28(31-19-8-5-9-20-31)23-15-17-26(36-2)18-16-23/h4,6-7,10-18,21,28H,3,5,8-9,19-20,22H2,1-2H3,(H,30,33). The molecule has 3 aromatic carbocycles. The van der Waals surface area contributed by atoms with Crippen molar-refractivity contribution in [1.82, 2.24) is 10.2 Å². The molecule has 1 aliphatic rings. The molecular formula is C29H35N3O4S. The van der Waals surface area contributed by atoms with Gasteiger partial charge in [-0.05, 0) is 80.9 Å². The van der Waals surface area contributed by atoms with Crippen LogP contribution < -0.4 is 14.4 Å². The Morgan fingerprint density at radius 3 is 2.32 bits per heavy atom. The number of hydrogen-bond donors (Lipinski definition) is 1. The lowest BCUT2D eigenvalue weighted by Crippen LogP contribution is -2.40. The van der Waals surface area contributed by atoms with E-state index in [4.69, 9.17) is 4.74 Å². The van der Waals surface area contributed by atoms with Crippen LogP contribution in [0.1, 0.15) is 48.1 Å². The Labute approximate surface area is 220 Å². The van der Waals surface area contributed by atoms with E-state index in [9.17, 15) is 13.2 Å². The summed E-state index contributed by atoms with van der Waals surface area (Å²) in [5.74, 6) is 0.496. The van der Waals surface area contributed by atoms with Crippen LogP contribution in [0.15, 0.2) is 83.8 Å². The molecule has 4 rings (SSSR count). The summed E-state index contributed by atoms with van der Waals surface area (Å²) in [4.78, 5) is 15.7. The number of carbonyl (C=O) groups excluding carboxylic acids is 1. The Balaban J connectivity index is 1.52. The van der Waals surface area contributed by atoms with E-state index >= 15 is 0 Å². The Morgan fingerprint density at radius 1 is 0.973 bits per heavy atom. The first kappa shape index (κ1) is 26.7. The van der Waals surface area contributed by atoms with Gasteiger partial charge < -0.3 is 10.1 Å². The number of rotatable bonds is 10. The number of nitrogens with one attached hydrogen (secondary N) is 1. The summed E-state index contributed by atoms with van der Waals surface area (Å²) in [5, 5.41) is 3.06. The average molecular weight is 522 g/mol. The third-order valence-corrected chi connectivity index (χ3v) is 8.70. The van der Waals surface area contributed by atoms with Crippen LogP contribution in [0.2, 0.25) is 0 Å². The Morgan fingerprint density at radius 2 is 1.68 bits per heavy atom. The second-order valence-corrected chi connectivity index (χ2v) is 11.0. The first-order valence-electron chi connectivity index (χ1n) is 12.8. The highest BCUT2D eigenvalue weighted by Gasteiger charge is 2.26. The zero-order chi connectivity index (χ0) is 26.3. The van der Waals surface area contributed by atoms with Crippen LogP contribution in [0.3, 0.4) is 0 Å². The molecule has 196 valence electrons. The maximum Gasteiger partial charge on any atom is 0.264 e. The minimum absolute atomic E-state index is 0.0238. The average Bonchev–Trinajstić information content (AvgIpc) is 2.95. The van der Waals surface area contributed by atoms with Gasteiger partial charge in [0.1, 0.15) is 5.75 Å². The molecule has 8 heteroatoms.